The largest absolute Gasteiger partial charge is 0.454 e. The van der Waals surface area contributed by atoms with Crippen molar-refractivity contribution in [1.82, 2.24) is 10.2 Å². The van der Waals surface area contributed by atoms with Gasteiger partial charge in [-0.3, -0.25) is 5.10 Å². The van der Waals surface area contributed by atoms with Crippen molar-refractivity contribution in [2.75, 3.05) is 12.5 Å². The molecule has 0 saturated heterocycles. The number of H-pyrrole nitrogens is 1. The van der Waals surface area contributed by atoms with Crippen LogP contribution >= 0.6 is 11.3 Å². The molecule has 3 aromatic rings. The Morgan fingerprint density at radius 3 is 2.95 bits per heavy atom. The lowest BCUT2D eigenvalue weighted by molar-refractivity contribution is 0.174. The molecule has 20 heavy (non-hydrogen) atoms. The molecule has 0 bridgehead atoms. The number of fused-ring (bicyclic) bond motifs is 1. The maximum atomic E-state index is 6.01. The van der Waals surface area contributed by atoms with Gasteiger partial charge in [-0.1, -0.05) is 12.1 Å². The number of hydrogen-bond acceptors (Lipinski definition) is 5. The summed E-state index contributed by atoms with van der Waals surface area (Å²) in [5.74, 6) is 1.97. The van der Waals surface area contributed by atoms with Crippen LogP contribution in [0.4, 0.5) is 5.82 Å². The third kappa shape index (κ3) is 1.65. The van der Waals surface area contributed by atoms with Gasteiger partial charge in [-0.05, 0) is 29.1 Å². The SMILES string of the molecule is Nc1n[nH]c(-c2cccs2)c1-c1ccc2c(c1)OCO2. The molecule has 0 spiro atoms. The van der Waals surface area contributed by atoms with Gasteiger partial charge in [-0.2, -0.15) is 5.10 Å². The average Bonchev–Trinajstić information content (AvgIpc) is 3.17. The van der Waals surface area contributed by atoms with Crippen LogP contribution in [0.5, 0.6) is 11.5 Å². The number of ether oxygens (including phenoxy) is 2. The van der Waals surface area contributed by atoms with Crippen molar-refractivity contribution in [2.24, 2.45) is 0 Å². The Kier molecular flexibility index (Phi) is 2.43. The number of nitrogen functional groups attached to an aromatic ring is 1. The predicted molar refractivity (Wildman–Crippen MR) is 77.9 cm³/mol. The van der Waals surface area contributed by atoms with Crippen LogP contribution in [-0.4, -0.2) is 17.0 Å². The summed E-state index contributed by atoms with van der Waals surface area (Å²) in [7, 11) is 0. The van der Waals surface area contributed by atoms with Crippen molar-refractivity contribution in [3.63, 3.8) is 0 Å². The van der Waals surface area contributed by atoms with E-state index in [1.165, 1.54) is 0 Å². The molecule has 3 heterocycles. The minimum absolute atomic E-state index is 0.261. The number of nitrogens with zero attached hydrogens (tertiary/aromatic N) is 1. The highest BCUT2D eigenvalue weighted by atomic mass is 32.1. The quantitative estimate of drug-likeness (QED) is 0.758. The monoisotopic (exact) mass is 285 g/mol. The van der Waals surface area contributed by atoms with E-state index in [1.54, 1.807) is 11.3 Å². The highest BCUT2D eigenvalue weighted by molar-refractivity contribution is 7.13. The van der Waals surface area contributed by atoms with E-state index in [-0.39, 0.29) is 6.79 Å². The van der Waals surface area contributed by atoms with E-state index in [9.17, 15) is 0 Å². The van der Waals surface area contributed by atoms with E-state index in [1.807, 2.05) is 35.7 Å². The van der Waals surface area contributed by atoms with Gasteiger partial charge < -0.3 is 15.2 Å². The smallest absolute Gasteiger partial charge is 0.231 e. The van der Waals surface area contributed by atoms with Gasteiger partial charge in [0.15, 0.2) is 17.3 Å². The molecule has 2 aromatic heterocycles. The minimum atomic E-state index is 0.261. The molecule has 1 aliphatic heterocycles. The molecule has 0 radical (unpaired) electrons. The highest BCUT2D eigenvalue weighted by Crippen LogP contribution is 2.41. The van der Waals surface area contributed by atoms with Crippen molar-refractivity contribution in [3.05, 3.63) is 35.7 Å². The third-order valence-electron chi connectivity index (χ3n) is 3.22. The van der Waals surface area contributed by atoms with Crippen LogP contribution in [-0.2, 0) is 0 Å². The zero-order valence-electron chi connectivity index (χ0n) is 10.4. The summed E-state index contributed by atoms with van der Waals surface area (Å²) in [5.41, 5.74) is 8.80. The molecule has 3 N–H and O–H groups in total. The molecule has 1 aliphatic rings. The average molecular weight is 285 g/mol. The lowest BCUT2D eigenvalue weighted by Crippen LogP contribution is -1.92. The standard InChI is InChI=1S/C14H11N3O2S/c15-14-12(13(16-17-14)11-2-1-5-20-11)8-3-4-9-10(6-8)19-7-18-9/h1-6H,7H2,(H3,15,16,17). The first kappa shape index (κ1) is 11.4. The minimum Gasteiger partial charge on any atom is -0.454 e. The number of nitrogens with two attached hydrogens (primary N) is 1. The van der Waals surface area contributed by atoms with Gasteiger partial charge in [-0.25, -0.2) is 0 Å². The molecule has 0 unspecified atom stereocenters. The van der Waals surface area contributed by atoms with Gasteiger partial charge >= 0.3 is 0 Å². The molecule has 0 amide bonds. The molecule has 6 heteroatoms. The first-order valence-corrected chi connectivity index (χ1v) is 6.98. The fraction of sp³-hybridized carbons (Fsp3) is 0.0714. The molecule has 100 valence electrons. The van der Waals surface area contributed by atoms with Gasteiger partial charge in [0.25, 0.3) is 0 Å². The molecule has 0 fully saturated rings. The molecular weight excluding hydrogens is 274 g/mol. The highest BCUT2D eigenvalue weighted by Gasteiger charge is 2.19. The summed E-state index contributed by atoms with van der Waals surface area (Å²) in [6, 6.07) is 9.82. The molecule has 0 saturated carbocycles. The Hall–Kier alpha value is -2.47. The maximum absolute atomic E-state index is 6.01. The molecule has 4 rings (SSSR count). The zero-order valence-corrected chi connectivity index (χ0v) is 11.2. The maximum Gasteiger partial charge on any atom is 0.231 e. The van der Waals surface area contributed by atoms with Crippen LogP contribution in [0.1, 0.15) is 0 Å². The van der Waals surface area contributed by atoms with E-state index in [2.05, 4.69) is 10.2 Å². The number of rotatable bonds is 2. The van der Waals surface area contributed by atoms with Crippen molar-refractivity contribution in [2.45, 2.75) is 0 Å². The van der Waals surface area contributed by atoms with Crippen LogP contribution in [0.25, 0.3) is 21.7 Å². The number of aromatic nitrogens is 2. The summed E-state index contributed by atoms with van der Waals surface area (Å²) in [6.07, 6.45) is 0. The second-order valence-electron chi connectivity index (χ2n) is 4.40. The van der Waals surface area contributed by atoms with Crippen molar-refractivity contribution < 1.29 is 9.47 Å². The van der Waals surface area contributed by atoms with Crippen LogP contribution < -0.4 is 15.2 Å². The second kappa shape index (κ2) is 4.28. The lowest BCUT2D eigenvalue weighted by atomic mass is 10.0. The molecular formula is C14H11N3O2S. The number of benzene rings is 1. The number of thiophene rings is 1. The number of anilines is 1. The van der Waals surface area contributed by atoms with E-state index in [0.717, 1.165) is 33.2 Å². The first-order chi connectivity index (χ1) is 9.83. The van der Waals surface area contributed by atoms with Crippen LogP contribution in [0, 0.1) is 0 Å². The Labute approximate surface area is 119 Å². The predicted octanol–water partition coefficient (Wildman–Crippen LogP) is 3.12. The lowest BCUT2D eigenvalue weighted by Gasteiger charge is -2.04. The normalized spacial score (nSPS) is 12.8. The van der Waals surface area contributed by atoms with Gasteiger partial charge in [0, 0.05) is 0 Å². The van der Waals surface area contributed by atoms with E-state index in [4.69, 9.17) is 15.2 Å². The van der Waals surface area contributed by atoms with Crippen LogP contribution in [0.15, 0.2) is 35.7 Å². The van der Waals surface area contributed by atoms with Crippen LogP contribution in [0.3, 0.4) is 0 Å². The Balaban J connectivity index is 1.88. The number of nitrogens with one attached hydrogen (secondary N) is 1. The molecule has 0 atom stereocenters. The third-order valence-corrected chi connectivity index (χ3v) is 4.11. The summed E-state index contributed by atoms with van der Waals surface area (Å²) < 4.78 is 10.7. The van der Waals surface area contributed by atoms with Gasteiger partial charge in [0.1, 0.15) is 0 Å². The summed E-state index contributed by atoms with van der Waals surface area (Å²) in [4.78, 5) is 1.10. The zero-order chi connectivity index (χ0) is 13.5. The van der Waals surface area contributed by atoms with E-state index < -0.39 is 0 Å². The summed E-state index contributed by atoms with van der Waals surface area (Å²) >= 11 is 1.64. The Morgan fingerprint density at radius 2 is 2.10 bits per heavy atom. The summed E-state index contributed by atoms with van der Waals surface area (Å²) in [5, 5.41) is 9.16. The van der Waals surface area contributed by atoms with E-state index >= 15 is 0 Å². The molecule has 1 aromatic carbocycles. The van der Waals surface area contributed by atoms with Gasteiger partial charge in [0.05, 0.1) is 16.1 Å². The second-order valence-corrected chi connectivity index (χ2v) is 5.35. The number of aromatic amines is 1. The Morgan fingerprint density at radius 1 is 1.20 bits per heavy atom. The Bertz CT molecular complexity index is 765. The molecule has 5 nitrogen and oxygen atoms in total. The van der Waals surface area contributed by atoms with Gasteiger partial charge in [-0.15, -0.1) is 11.3 Å². The van der Waals surface area contributed by atoms with Crippen molar-refractivity contribution in [1.29, 1.82) is 0 Å². The first-order valence-electron chi connectivity index (χ1n) is 6.10. The fourth-order valence-corrected chi connectivity index (χ4v) is 3.03. The van der Waals surface area contributed by atoms with Crippen molar-refractivity contribution >= 4 is 17.2 Å². The fourth-order valence-electron chi connectivity index (χ4n) is 2.30. The van der Waals surface area contributed by atoms with Crippen LogP contribution in [0.2, 0.25) is 0 Å². The number of hydrogen-bond donors (Lipinski definition) is 2. The van der Waals surface area contributed by atoms with E-state index in [0.29, 0.717) is 5.82 Å². The van der Waals surface area contributed by atoms with Gasteiger partial charge in [0.2, 0.25) is 6.79 Å². The topological polar surface area (TPSA) is 73.2 Å². The van der Waals surface area contributed by atoms with Crippen molar-refractivity contribution in [3.8, 4) is 33.2 Å². The summed E-state index contributed by atoms with van der Waals surface area (Å²) in [6.45, 7) is 0.261. The molecule has 0 aliphatic carbocycles.